The number of isocyanates is 1. The van der Waals surface area contributed by atoms with Crippen molar-refractivity contribution in [3.05, 3.63) is 17.2 Å². The molecule has 0 aliphatic carbocycles. The summed E-state index contributed by atoms with van der Waals surface area (Å²) in [6, 6.07) is 0. The molecule has 5 heteroatoms. The van der Waals surface area contributed by atoms with Gasteiger partial charge >= 0.3 is 0 Å². The molecule has 56 valence electrons. The van der Waals surface area contributed by atoms with Gasteiger partial charge in [-0.25, -0.2) is 14.8 Å². The molecule has 0 bridgehead atoms. The van der Waals surface area contributed by atoms with Crippen molar-refractivity contribution in [2.75, 3.05) is 0 Å². The molecule has 1 rings (SSSR count). The fourth-order valence-corrected chi connectivity index (χ4v) is 0.767. The van der Waals surface area contributed by atoms with Crippen LogP contribution in [-0.4, -0.2) is 16.0 Å². The van der Waals surface area contributed by atoms with Crippen LogP contribution in [0.25, 0.3) is 0 Å². The van der Waals surface area contributed by atoms with Gasteiger partial charge in [0.15, 0.2) is 0 Å². The molecule has 0 aromatic carbocycles. The van der Waals surface area contributed by atoms with Crippen LogP contribution >= 0.6 is 11.6 Å². The Bertz CT molecular complexity index is 320. The van der Waals surface area contributed by atoms with E-state index in [-0.39, 0.29) is 5.28 Å². The average Bonchev–Trinajstić information content (AvgIpc) is 1.95. The summed E-state index contributed by atoms with van der Waals surface area (Å²) in [7, 11) is 0. The number of aromatic nitrogens is 2. The number of hydrogen-bond donors (Lipinski definition) is 0. The Labute approximate surface area is 68.0 Å². The highest BCUT2D eigenvalue weighted by molar-refractivity contribution is 6.28. The van der Waals surface area contributed by atoms with Crippen molar-refractivity contribution in [1.29, 1.82) is 0 Å². The third kappa shape index (κ3) is 1.83. The quantitative estimate of drug-likeness (QED) is 0.363. The van der Waals surface area contributed by atoms with Crippen LogP contribution in [0.1, 0.15) is 5.69 Å². The first kappa shape index (κ1) is 7.85. The molecule has 0 N–H and O–H groups in total. The number of carbonyl (C=O) groups excluding carboxylic acids is 1. The number of hydrogen-bond acceptors (Lipinski definition) is 4. The SMILES string of the molecule is Cc1nc(Cl)ncc1N=C=O. The Morgan fingerprint density at radius 2 is 2.45 bits per heavy atom. The van der Waals surface area contributed by atoms with Crippen molar-refractivity contribution in [3.8, 4) is 0 Å². The Morgan fingerprint density at radius 3 is 3.00 bits per heavy atom. The van der Waals surface area contributed by atoms with E-state index in [0.717, 1.165) is 0 Å². The molecule has 0 saturated carbocycles. The lowest BCUT2D eigenvalue weighted by atomic mass is 10.4. The fraction of sp³-hybridized carbons (Fsp3) is 0.167. The monoisotopic (exact) mass is 169 g/mol. The van der Waals surface area contributed by atoms with Crippen LogP contribution in [0.5, 0.6) is 0 Å². The van der Waals surface area contributed by atoms with Gasteiger partial charge in [0, 0.05) is 0 Å². The van der Waals surface area contributed by atoms with Crippen LogP contribution in [0, 0.1) is 6.92 Å². The van der Waals surface area contributed by atoms with E-state index in [0.29, 0.717) is 11.4 Å². The van der Waals surface area contributed by atoms with Gasteiger partial charge in [-0.1, -0.05) is 0 Å². The van der Waals surface area contributed by atoms with Crippen LogP contribution < -0.4 is 0 Å². The lowest BCUT2D eigenvalue weighted by Gasteiger charge is -1.94. The van der Waals surface area contributed by atoms with E-state index in [1.54, 1.807) is 6.92 Å². The average molecular weight is 170 g/mol. The number of halogens is 1. The van der Waals surface area contributed by atoms with Crippen molar-refractivity contribution in [1.82, 2.24) is 9.97 Å². The van der Waals surface area contributed by atoms with E-state index >= 15 is 0 Å². The summed E-state index contributed by atoms with van der Waals surface area (Å²) in [5.74, 6) is 0. The molecule has 1 aromatic heterocycles. The Kier molecular flexibility index (Phi) is 2.31. The molecule has 1 heterocycles. The zero-order valence-corrected chi connectivity index (χ0v) is 6.46. The molecule has 0 unspecified atom stereocenters. The molecular formula is C6H4ClN3O. The highest BCUT2D eigenvalue weighted by Gasteiger charge is 1.98. The molecule has 0 aliphatic heterocycles. The van der Waals surface area contributed by atoms with Crippen molar-refractivity contribution < 1.29 is 4.79 Å². The largest absolute Gasteiger partial charge is 0.240 e. The molecule has 4 nitrogen and oxygen atoms in total. The third-order valence-corrected chi connectivity index (χ3v) is 1.27. The minimum absolute atomic E-state index is 0.146. The second-order valence-electron chi connectivity index (χ2n) is 1.81. The first-order valence-electron chi connectivity index (χ1n) is 2.81. The lowest BCUT2D eigenvalue weighted by molar-refractivity contribution is 0.565. The minimum atomic E-state index is 0.146. The maximum Gasteiger partial charge on any atom is 0.240 e. The summed E-state index contributed by atoms with van der Waals surface area (Å²) in [6.45, 7) is 1.68. The molecular weight excluding hydrogens is 166 g/mol. The number of rotatable bonds is 1. The van der Waals surface area contributed by atoms with E-state index < -0.39 is 0 Å². The zero-order chi connectivity index (χ0) is 8.27. The van der Waals surface area contributed by atoms with Crippen LogP contribution in [0.15, 0.2) is 11.2 Å². The maximum absolute atomic E-state index is 9.83. The topological polar surface area (TPSA) is 55.2 Å². The summed E-state index contributed by atoms with van der Waals surface area (Å²) in [5.41, 5.74) is 0.956. The second kappa shape index (κ2) is 3.23. The highest BCUT2D eigenvalue weighted by Crippen LogP contribution is 2.14. The van der Waals surface area contributed by atoms with Crippen molar-refractivity contribution in [3.63, 3.8) is 0 Å². The normalized spacial score (nSPS) is 8.91. The molecule has 0 radical (unpaired) electrons. The third-order valence-electron chi connectivity index (χ3n) is 1.09. The van der Waals surface area contributed by atoms with Crippen molar-refractivity contribution in [2.45, 2.75) is 6.92 Å². The fourth-order valence-electron chi connectivity index (χ4n) is 0.591. The van der Waals surface area contributed by atoms with Gasteiger partial charge < -0.3 is 0 Å². The first-order valence-corrected chi connectivity index (χ1v) is 3.19. The van der Waals surface area contributed by atoms with Crippen LogP contribution in [0.3, 0.4) is 0 Å². The van der Waals surface area contributed by atoms with Crippen LogP contribution in [0.4, 0.5) is 5.69 Å². The summed E-state index contributed by atoms with van der Waals surface area (Å²) in [5, 5.41) is 0.146. The lowest BCUT2D eigenvalue weighted by Crippen LogP contribution is -1.85. The Balaban J connectivity index is 3.19. The Morgan fingerprint density at radius 1 is 1.73 bits per heavy atom. The predicted octanol–water partition coefficient (Wildman–Crippen LogP) is 1.41. The summed E-state index contributed by atoms with van der Waals surface area (Å²) in [4.78, 5) is 20.6. The number of aliphatic imine (C=N–C) groups is 1. The van der Waals surface area contributed by atoms with E-state index in [4.69, 9.17) is 11.6 Å². The standard InChI is InChI=1S/C6H4ClN3O/c1-4-5(9-3-11)2-8-6(7)10-4/h2H,1H3. The molecule has 11 heavy (non-hydrogen) atoms. The molecule has 1 aromatic rings. The molecule has 0 fully saturated rings. The van der Waals surface area contributed by atoms with E-state index in [1.807, 2.05) is 0 Å². The zero-order valence-electron chi connectivity index (χ0n) is 5.71. The molecule has 0 saturated heterocycles. The van der Waals surface area contributed by atoms with E-state index in [9.17, 15) is 4.79 Å². The number of aryl methyl sites for hydroxylation is 1. The van der Waals surface area contributed by atoms with Gasteiger partial charge in [-0.05, 0) is 18.5 Å². The van der Waals surface area contributed by atoms with Gasteiger partial charge in [-0.2, -0.15) is 4.99 Å². The molecule has 0 amide bonds. The maximum atomic E-state index is 9.83. The first-order chi connectivity index (χ1) is 5.24. The smallest absolute Gasteiger partial charge is 0.224 e. The van der Waals surface area contributed by atoms with Gasteiger partial charge in [0.05, 0.1) is 11.9 Å². The molecule has 0 atom stereocenters. The summed E-state index contributed by atoms with van der Waals surface area (Å²) >= 11 is 5.45. The van der Waals surface area contributed by atoms with Gasteiger partial charge in [0.25, 0.3) is 0 Å². The predicted molar refractivity (Wildman–Crippen MR) is 39.6 cm³/mol. The summed E-state index contributed by atoms with van der Waals surface area (Å²) in [6.07, 6.45) is 2.77. The van der Waals surface area contributed by atoms with Gasteiger partial charge in [0.2, 0.25) is 11.4 Å². The highest BCUT2D eigenvalue weighted by atomic mass is 35.5. The minimum Gasteiger partial charge on any atom is -0.224 e. The van der Waals surface area contributed by atoms with Crippen LogP contribution in [-0.2, 0) is 4.79 Å². The number of nitrogens with zero attached hydrogens (tertiary/aromatic N) is 3. The van der Waals surface area contributed by atoms with E-state index in [1.165, 1.54) is 12.3 Å². The Hall–Kier alpha value is -1.25. The summed E-state index contributed by atoms with van der Waals surface area (Å²) < 4.78 is 0. The second-order valence-corrected chi connectivity index (χ2v) is 2.15. The van der Waals surface area contributed by atoms with Crippen molar-refractivity contribution in [2.24, 2.45) is 4.99 Å². The molecule has 0 spiro atoms. The van der Waals surface area contributed by atoms with E-state index in [2.05, 4.69) is 15.0 Å². The van der Waals surface area contributed by atoms with Gasteiger partial charge in [0.1, 0.15) is 5.69 Å². The van der Waals surface area contributed by atoms with Crippen molar-refractivity contribution >= 4 is 23.4 Å². The van der Waals surface area contributed by atoms with Crippen LogP contribution in [0.2, 0.25) is 5.28 Å². The van der Waals surface area contributed by atoms with Gasteiger partial charge in [-0.3, -0.25) is 0 Å². The van der Waals surface area contributed by atoms with Gasteiger partial charge in [-0.15, -0.1) is 0 Å². The molecule has 0 aliphatic rings.